The Bertz CT molecular complexity index is 1260. The van der Waals surface area contributed by atoms with Gasteiger partial charge in [-0.15, -0.1) is 21.3 Å². The molecule has 0 amide bonds. The van der Waals surface area contributed by atoms with E-state index in [9.17, 15) is 4.79 Å². The molecule has 5 heterocycles. The Labute approximate surface area is 201 Å². The smallest absolute Gasteiger partial charge is 0.330 e. The number of aromatic nitrogens is 6. The first-order valence-electron chi connectivity index (χ1n) is 11.7. The summed E-state index contributed by atoms with van der Waals surface area (Å²) in [7, 11) is 0. The summed E-state index contributed by atoms with van der Waals surface area (Å²) in [4.78, 5) is 35.8. The predicted molar refractivity (Wildman–Crippen MR) is 131 cm³/mol. The molecule has 4 N–H and O–H groups in total. The first-order chi connectivity index (χ1) is 16.7. The van der Waals surface area contributed by atoms with Crippen LogP contribution in [0.25, 0.3) is 16.5 Å². The third kappa shape index (κ3) is 5.30. The number of hydrogen-bond donors (Lipinski definition) is 3. The van der Waals surface area contributed by atoms with E-state index in [2.05, 4.69) is 24.8 Å². The van der Waals surface area contributed by atoms with Gasteiger partial charge < -0.3 is 10.7 Å². The van der Waals surface area contributed by atoms with E-state index in [0.29, 0.717) is 12.5 Å². The predicted octanol–water partition coefficient (Wildman–Crippen LogP) is 2.16. The van der Waals surface area contributed by atoms with Gasteiger partial charge in [0.05, 0.1) is 35.7 Å². The lowest BCUT2D eigenvalue weighted by Crippen LogP contribution is -2.35. The van der Waals surface area contributed by atoms with Crippen LogP contribution >= 0.6 is 11.3 Å². The number of nitrogens with one attached hydrogen (secondary N) is 2. The van der Waals surface area contributed by atoms with E-state index in [4.69, 9.17) is 10.7 Å². The van der Waals surface area contributed by atoms with Gasteiger partial charge in [0.2, 0.25) is 0 Å². The second-order valence-electron chi connectivity index (χ2n) is 8.69. The second kappa shape index (κ2) is 10.4. The standard InChI is InChI=1S/C24H28N8OS/c25-7-1-4-17-11-26-24(27-12-17)32-15-19(28-16-32)14-31-8-2-5-18(13-31)23-29-20(10-22(33)30-23)21-6-3-9-34-21/h3,6,9-12,15-16,18H,1-2,4-5,7-8,13-14,25H2,(H,29,30,33)/p+1. The number of thiophene rings is 1. The molecule has 0 spiro atoms. The van der Waals surface area contributed by atoms with E-state index in [1.807, 2.05) is 47.0 Å². The number of likely N-dealkylation sites (tertiary alicyclic amines) is 1. The third-order valence-electron chi connectivity index (χ3n) is 6.10. The van der Waals surface area contributed by atoms with Crippen molar-refractivity contribution in [2.75, 3.05) is 19.6 Å². The van der Waals surface area contributed by atoms with E-state index in [0.717, 1.165) is 73.0 Å². The van der Waals surface area contributed by atoms with E-state index < -0.39 is 0 Å². The topological polar surface area (TPSA) is 120 Å². The van der Waals surface area contributed by atoms with E-state index in [1.165, 1.54) is 0 Å². The first kappa shape index (κ1) is 22.6. The lowest BCUT2D eigenvalue weighted by atomic mass is 9.97. The average Bonchev–Trinajstić information content (AvgIpc) is 3.56. The molecule has 1 atom stereocenters. The number of imidazole rings is 1. The third-order valence-corrected chi connectivity index (χ3v) is 6.99. The Morgan fingerprint density at radius 2 is 2.18 bits per heavy atom. The summed E-state index contributed by atoms with van der Waals surface area (Å²) in [5, 5.41) is 2.00. The maximum Gasteiger partial charge on any atom is 0.388 e. The minimum Gasteiger partial charge on any atom is -0.330 e. The van der Waals surface area contributed by atoms with Gasteiger partial charge in [-0.2, -0.15) is 4.57 Å². The van der Waals surface area contributed by atoms with Crippen LogP contribution in [0.2, 0.25) is 0 Å². The Balaban J connectivity index is 1.25. The fourth-order valence-electron chi connectivity index (χ4n) is 4.40. The zero-order valence-corrected chi connectivity index (χ0v) is 19.8. The summed E-state index contributed by atoms with van der Waals surface area (Å²) in [6.45, 7) is 3.31. The highest BCUT2D eigenvalue weighted by atomic mass is 32.1. The number of H-pyrrole nitrogens is 2. The Kier molecular flexibility index (Phi) is 6.89. The molecule has 4 aromatic rings. The van der Waals surface area contributed by atoms with Crippen molar-refractivity contribution in [3.05, 3.63) is 75.9 Å². The number of nitrogens with zero attached hydrogens (tertiary/aromatic N) is 5. The fourth-order valence-corrected chi connectivity index (χ4v) is 5.08. The maximum atomic E-state index is 12.3. The molecule has 34 heavy (non-hydrogen) atoms. The van der Waals surface area contributed by atoms with Crippen molar-refractivity contribution in [2.45, 2.75) is 38.1 Å². The lowest BCUT2D eigenvalue weighted by molar-refractivity contribution is -0.602. The van der Waals surface area contributed by atoms with Gasteiger partial charge in [-0.3, -0.25) is 14.7 Å². The molecule has 5 rings (SSSR count). The van der Waals surface area contributed by atoms with Crippen LogP contribution in [0.4, 0.5) is 0 Å². The first-order valence-corrected chi connectivity index (χ1v) is 12.5. The molecule has 1 unspecified atom stereocenters. The van der Waals surface area contributed by atoms with Crippen LogP contribution in [0.15, 0.2) is 53.3 Å². The van der Waals surface area contributed by atoms with E-state index in [-0.39, 0.29) is 11.5 Å². The monoisotopic (exact) mass is 477 g/mol. The molecule has 176 valence electrons. The molecule has 0 aliphatic carbocycles. The fraction of sp³-hybridized carbons (Fsp3) is 0.375. The van der Waals surface area contributed by atoms with E-state index in [1.54, 1.807) is 17.4 Å². The van der Waals surface area contributed by atoms with Crippen molar-refractivity contribution in [2.24, 2.45) is 5.73 Å². The molecular weight excluding hydrogens is 448 g/mol. The Hall–Kier alpha value is -3.21. The quantitative estimate of drug-likeness (QED) is 0.335. The van der Waals surface area contributed by atoms with E-state index >= 15 is 0 Å². The molecule has 1 aliphatic heterocycles. The van der Waals surface area contributed by atoms with Crippen LogP contribution in [0.3, 0.4) is 0 Å². The largest absolute Gasteiger partial charge is 0.388 e. The summed E-state index contributed by atoms with van der Waals surface area (Å²) in [5.74, 6) is 1.63. The highest BCUT2D eigenvalue weighted by molar-refractivity contribution is 7.13. The lowest BCUT2D eigenvalue weighted by Gasteiger charge is -2.31. The maximum absolute atomic E-state index is 12.3. The summed E-state index contributed by atoms with van der Waals surface area (Å²) in [6.07, 6.45) is 11.6. The SMILES string of the molecule is NCCCc1cnc(-[n+]2c[nH]c(CN3CCCC(c4nc(-c5cccs5)cc(=O)[nH]4)C3)c2)nc1. The average molecular weight is 478 g/mol. The molecule has 10 heteroatoms. The molecule has 1 saturated heterocycles. The van der Waals surface area contributed by atoms with Gasteiger partial charge in [0, 0.05) is 24.1 Å². The van der Waals surface area contributed by atoms with Crippen LogP contribution < -0.4 is 15.9 Å². The van der Waals surface area contributed by atoms with Crippen molar-refractivity contribution >= 4 is 11.3 Å². The number of rotatable bonds is 8. The summed E-state index contributed by atoms with van der Waals surface area (Å²) in [5.41, 5.74) is 8.43. The Morgan fingerprint density at radius 3 is 2.97 bits per heavy atom. The van der Waals surface area contributed by atoms with Crippen LogP contribution in [-0.4, -0.2) is 49.5 Å². The molecular formula is C24H29N8OS+. The second-order valence-corrected chi connectivity index (χ2v) is 9.63. The van der Waals surface area contributed by atoms with Crippen LogP contribution in [0.1, 0.15) is 42.3 Å². The minimum atomic E-state index is -0.0926. The number of aryl methyl sites for hydroxylation is 1. The number of piperidine rings is 1. The zero-order chi connectivity index (χ0) is 23.3. The summed E-state index contributed by atoms with van der Waals surface area (Å²) < 4.78 is 1.91. The van der Waals surface area contributed by atoms with Gasteiger partial charge in [0.25, 0.3) is 5.56 Å². The molecule has 9 nitrogen and oxygen atoms in total. The molecule has 0 bridgehead atoms. The summed E-state index contributed by atoms with van der Waals surface area (Å²) in [6, 6.07) is 5.57. The highest BCUT2D eigenvalue weighted by Crippen LogP contribution is 2.27. The molecule has 4 aromatic heterocycles. The number of nitrogens with two attached hydrogens (primary N) is 1. The van der Waals surface area contributed by atoms with Gasteiger partial charge in [0.15, 0.2) is 6.33 Å². The van der Waals surface area contributed by atoms with Gasteiger partial charge in [0.1, 0.15) is 11.5 Å². The van der Waals surface area contributed by atoms with Crippen molar-refractivity contribution in [3.63, 3.8) is 0 Å². The van der Waals surface area contributed by atoms with Crippen LogP contribution in [0.5, 0.6) is 0 Å². The molecule has 1 fully saturated rings. The van der Waals surface area contributed by atoms with Crippen molar-refractivity contribution < 1.29 is 4.57 Å². The number of aromatic amines is 2. The van der Waals surface area contributed by atoms with Crippen LogP contribution in [0, 0.1) is 0 Å². The van der Waals surface area contributed by atoms with Gasteiger partial charge in [-0.1, -0.05) is 6.07 Å². The van der Waals surface area contributed by atoms with Crippen molar-refractivity contribution in [1.82, 2.24) is 29.8 Å². The van der Waals surface area contributed by atoms with Gasteiger partial charge >= 0.3 is 5.95 Å². The minimum absolute atomic E-state index is 0.0926. The van der Waals surface area contributed by atoms with Crippen LogP contribution in [-0.2, 0) is 13.0 Å². The van der Waals surface area contributed by atoms with Crippen molar-refractivity contribution in [3.8, 4) is 16.5 Å². The Morgan fingerprint density at radius 1 is 1.29 bits per heavy atom. The normalized spacial score (nSPS) is 16.7. The highest BCUT2D eigenvalue weighted by Gasteiger charge is 2.25. The van der Waals surface area contributed by atoms with Gasteiger partial charge in [-0.05, 0) is 50.2 Å². The molecule has 0 saturated carbocycles. The molecule has 0 aromatic carbocycles. The molecule has 1 aliphatic rings. The van der Waals surface area contributed by atoms with Gasteiger partial charge in [-0.25, -0.2) is 4.98 Å². The zero-order valence-electron chi connectivity index (χ0n) is 19.0. The summed E-state index contributed by atoms with van der Waals surface area (Å²) >= 11 is 1.60. The molecule has 0 radical (unpaired) electrons. The van der Waals surface area contributed by atoms with Crippen molar-refractivity contribution in [1.29, 1.82) is 0 Å². The number of hydrogen-bond acceptors (Lipinski definition) is 7.